The quantitative estimate of drug-likeness (QED) is 0.784. The fourth-order valence-electron chi connectivity index (χ4n) is 2.09. The summed E-state index contributed by atoms with van der Waals surface area (Å²) >= 11 is 0. The van der Waals surface area contributed by atoms with Crippen LogP contribution in [0.2, 0.25) is 0 Å². The maximum atomic E-state index is 12.3. The van der Waals surface area contributed by atoms with Gasteiger partial charge in [0.1, 0.15) is 5.76 Å². The summed E-state index contributed by atoms with van der Waals surface area (Å²) in [6.07, 6.45) is -0.292. The van der Waals surface area contributed by atoms with E-state index in [-0.39, 0.29) is 11.7 Å². The number of carbonyl (C=O) groups is 2. The van der Waals surface area contributed by atoms with Gasteiger partial charge in [-0.2, -0.15) is 0 Å². The SMILES string of the molecule is CCC(Oc1ccc(C(C)=O)cc1OC)C(=O)Nc1cc(C)on1. The second-order valence-electron chi connectivity index (χ2n) is 5.25. The number of aryl methyl sites for hydroxylation is 1. The van der Waals surface area contributed by atoms with Crippen LogP contribution in [0.4, 0.5) is 5.82 Å². The van der Waals surface area contributed by atoms with Crippen molar-refractivity contribution in [3.8, 4) is 11.5 Å². The van der Waals surface area contributed by atoms with E-state index < -0.39 is 6.10 Å². The molecule has 0 aliphatic rings. The number of nitrogens with zero attached hydrogens (tertiary/aromatic N) is 1. The van der Waals surface area contributed by atoms with Crippen LogP contribution >= 0.6 is 0 Å². The first-order valence-electron chi connectivity index (χ1n) is 7.54. The minimum absolute atomic E-state index is 0.0777. The molecule has 2 rings (SSSR count). The van der Waals surface area contributed by atoms with Gasteiger partial charge in [-0.1, -0.05) is 12.1 Å². The molecule has 0 aliphatic heterocycles. The summed E-state index contributed by atoms with van der Waals surface area (Å²) in [6, 6.07) is 6.45. The van der Waals surface area contributed by atoms with Crippen LogP contribution in [-0.2, 0) is 4.79 Å². The average Bonchev–Trinajstić information content (AvgIpc) is 2.97. The second kappa shape index (κ2) is 7.63. The standard InChI is InChI=1S/C17H20N2O5/c1-5-13(17(21)18-16-8-10(2)24-19-16)23-14-7-6-12(11(3)20)9-15(14)22-4/h6-9,13H,5H2,1-4H3,(H,18,19,21). The molecule has 1 aromatic heterocycles. The lowest BCUT2D eigenvalue weighted by atomic mass is 10.1. The van der Waals surface area contributed by atoms with Crippen LogP contribution in [0.15, 0.2) is 28.8 Å². The highest BCUT2D eigenvalue weighted by Gasteiger charge is 2.21. The lowest BCUT2D eigenvalue weighted by molar-refractivity contribution is -0.122. The summed E-state index contributed by atoms with van der Waals surface area (Å²) in [4.78, 5) is 23.8. The Kier molecular flexibility index (Phi) is 5.57. The van der Waals surface area contributed by atoms with E-state index in [0.717, 1.165) is 0 Å². The molecule has 1 amide bonds. The number of amides is 1. The Labute approximate surface area is 139 Å². The molecular formula is C17H20N2O5. The van der Waals surface area contributed by atoms with Crippen molar-refractivity contribution in [1.82, 2.24) is 5.16 Å². The van der Waals surface area contributed by atoms with Gasteiger partial charge in [0.05, 0.1) is 7.11 Å². The zero-order valence-corrected chi connectivity index (χ0v) is 14.1. The summed E-state index contributed by atoms with van der Waals surface area (Å²) < 4.78 is 15.9. The molecule has 7 heteroatoms. The minimum Gasteiger partial charge on any atom is -0.493 e. The van der Waals surface area contributed by atoms with Crippen molar-refractivity contribution in [2.75, 3.05) is 12.4 Å². The van der Waals surface area contributed by atoms with Gasteiger partial charge in [0.25, 0.3) is 5.91 Å². The highest BCUT2D eigenvalue weighted by atomic mass is 16.5. The van der Waals surface area contributed by atoms with Crippen molar-refractivity contribution in [2.24, 2.45) is 0 Å². The molecular weight excluding hydrogens is 312 g/mol. The number of rotatable bonds is 7. The summed E-state index contributed by atoms with van der Waals surface area (Å²) in [5.41, 5.74) is 0.509. The van der Waals surface area contributed by atoms with Gasteiger partial charge < -0.3 is 19.3 Å². The molecule has 128 valence electrons. The van der Waals surface area contributed by atoms with Gasteiger partial charge in [-0.3, -0.25) is 9.59 Å². The highest BCUT2D eigenvalue weighted by molar-refractivity contribution is 5.95. The Morgan fingerprint density at radius 1 is 1.29 bits per heavy atom. The van der Waals surface area contributed by atoms with Gasteiger partial charge in [-0.05, 0) is 38.5 Å². The van der Waals surface area contributed by atoms with Crippen molar-refractivity contribution in [3.63, 3.8) is 0 Å². The third kappa shape index (κ3) is 4.13. The number of ether oxygens (including phenoxy) is 2. The topological polar surface area (TPSA) is 90.7 Å². The van der Waals surface area contributed by atoms with E-state index in [1.807, 2.05) is 6.92 Å². The molecule has 0 saturated carbocycles. The van der Waals surface area contributed by atoms with Gasteiger partial charge in [-0.25, -0.2) is 0 Å². The van der Waals surface area contributed by atoms with E-state index in [1.54, 1.807) is 31.2 Å². The number of anilines is 1. The highest BCUT2D eigenvalue weighted by Crippen LogP contribution is 2.29. The molecule has 0 aliphatic carbocycles. The number of hydrogen-bond acceptors (Lipinski definition) is 6. The minimum atomic E-state index is -0.737. The van der Waals surface area contributed by atoms with Crippen molar-refractivity contribution in [1.29, 1.82) is 0 Å². The van der Waals surface area contributed by atoms with Crippen molar-refractivity contribution < 1.29 is 23.6 Å². The average molecular weight is 332 g/mol. The maximum absolute atomic E-state index is 12.3. The van der Waals surface area contributed by atoms with E-state index in [1.165, 1.54) is 14.0 Å². The van der Waals surface area contributed by atoms with Crippen LogP contribution in [0, 0.1) is 6.92 Å². The number of methoxy groups -OCH3 is 1. The summed E-state index contributed by atoms with van der Waals surface area (Å²) in [5, 5.41) is 6.36. The Balaban J connectivity index is 2.14. The smallest absolute Gasteiger partial charge is 0.266 e. The van der Waals surface area contributed by atoms with E-state index in [0.29, 0.717) is 35.1 Å². The number of ketones is 1. The molecule has 1 N–H and O–H groups in total. The third-order valence-electron chi connectivity index (χ3n) is 3.38. The Morgan fingerprint density at radius 2 is 2.04 bits per heavy atom. The van der Waals surface area contributed by atoms with E-state index in [4.69, 9.17) is 14.0 Å². The van der Waals surface area contributed by atoms with Gasteiger partial charge in [0, 0.05) is 11.6 Å². The van der Waals surface area contributed by atoms with Crippen molar-refractivity contribution in [3.05, 3.63) is 35.6 Å². The summed E-state index contributed by atoms with van der Waals surface area (Å²) in [5.74, 6) is 1.29. The van der Waals surface area contributed by atoms with Gasteiger partial charge >= 0.3 is 0 Å². The predicted octanol–water partition coefficient (Wildman–Crippen LogP) is 2.99. The fraction of sp³-hybridized carbons (Fsp3) is 0.353. The molecule has 7 nitrogen and oxygen atoms in total. The van der Waals surface area contributed by atoms with E-state index in [9.17, 15) is 9.59 Å². The lowest BCUT2D eigenvalue weighted by Crippen LogP contribution is -2.32. The monoisotopic (exact) mass is 332 g/mol. The second-order valence-corrected chi connectivity index (χ2v) is 5.25. The zero-order valence-electron chi connectivity index (χ0n) is 14.1. The zero-order chi connectivity index (χ0) is 17.7. The van der Waals surface area contributed by atoms with Gasteiger partial charge in [-0.15, -0.1) is 0 Å². The normalized spacial score (nSPS) is 11.7. The van der Waals surface area contributed by atoms with Crippen LogP contribution < -0.4 is 14.8 Å². The number of nitrogens with one attached hydrogen (secondary N) is 1. The lowest BCUT2D eigenvalue weighted by Gasteiger charge is -2.18. The number of carbonyl (C=O) groups excluding carboxylic acids is 2. The van der Waals surface area contributed by atoms with Crippen molar-refractivity contribution in [2.45, 2.75) is 33.3 Å². The Hall–Kier alpha value is -2.83. The molecule has 0 bridgehead atoms. The van der Waals surface area contributed by atoms with E-state index in [2.05, 4.69) is 10.5 Å². The number of Topliss-reactive ketones (excluding diaryl/α,β-unsaturated/α-hetero) is 1. The number of benzene rings is 1. The van der Waals surface area contributed by atoms with Crippen LogP contribution in [0.5, 0.6) is 11.5 Å². The molecule has 24 heavy (non-hydrogen) atoms. The molecule has 2 aromatic rings. The molecule has 0 saturated heterocycles. The summed E-state index contributed by atoms with van der Waals surface area (Å²) in [7, 11) is 1.48. The fourth-order valence-corrected chi connectivity index (χ4v) is 2.09. The van der Waals surface area contributed by atoms with Crippen LogP contribution in [0.1, 0.15) is 36.4 Å². The van der Waals surface area contributed by atoms with Gasteiger partial charge in [0.15, 0.2) is 29.2 Å². The third-order valence-corrected chi connectivity index (χ3v) is 3.38. The Bertz CT molecular complexity index is 738. The number of hydrogen-bond donors (Lipinski definition) is 1. The van der Waals surface area contributed by atoms with Crippen LogP contribution in [0.25, 0.3) is 0 Å². The first kappa shape index (κ1) is 17.5. The molecule has 1 atom stereocenters. The number of aromatic nitrogens is 1. The van der Waals surface area contributed by atoms with E-state index >= 15 is 0 Å². The van der Waals surface area contributed by atoms with Gasteiger partial charge in [0.2, 0.25) is 0 Å². The molecule has 0 spiro atoms. The van der Waals surface area contributed by atoms with Crippen LogP contribution in [0.3, 0.4) is 0 Å². The largest absolute Gasteiger partial charge is 0.493 e. The molecule has 1 unspecified atom stereocenters. The Morgan fingerprint density at radius 3 is 2.58 bits per heavy atom. The first-order valence-corrected chi connectivity index (χ1v) is 7.54. The molecule has 1 heterocycles. The summed E-state index contributed by atoms with van der Waals surface area (Å²) in [6.45, 7) is 5.03. The van der Waals surface area contributed by atoms with Crippen LogP contribution in [-0.4, -0.2) is 30.1 Å². The molecule has 0 radical (unpaired) electrons. The molecule has 0 fully saturated rings. The predicted molar refractivity (Wildman–Crippen MR) is 87.6 cm³/mol. The maximum Gasteiger partial charge on any atom is 0.266 e. The first-order chi connectivity index (χ1) is 11.4. The van der Waals surface area contributed by atoms with Crippen molar-refractivity contribution >= 4 is 17.5 Å². The molecule has 1 aromatic carbocycles.